The minimum atomic E-state index is -4.41. The van der Waals surface area contributed by atoms with Crippen LogP contribution in [0.2, 0.25) is 0 Å². The van der Waals surface area contributed by atoms with Gasteiger partial charge in [0, 0.05) is 24.5 Å². The normalized spacial score (nSPS) is 17.6. The number of nitrogens with one attached hydrogen (secondary N) is 1. The molecule has 1 atom stereocenters. The van der Waals surface area contributed by atoms with E-state index >= 15 is 0 Å². The number of nitrogens with zero attached hydrogens (tertiary/aromatic N) is 2. The molecule has 0 spiro atoms. The summed E-state index contributed by atoms with van der Waals surface area (Å²) in [6, 6.07) is 4.11. The highest BCUT2D eigenvalue weighted by Gasteiger charge is 2.30. The van der Waals surface area contributed by atoms with E-state index in [1.54, 1.807) is 6.20 Å². The molecule has 0 aliphatic carbocycles. The molecule has 5 nitrogen and oxygen atoms in total. The standard InChI is InChI=1S/C15H14F3N3O2/c16-15(17,18)11-3-1-10(2-4-11)14(22)20-7-12-8-21-6-5-19-13(21)9-23-12/h1-6,12H,7-9H2,(H,20,22)/t12-/m0/s1. The Labute approximate surface area is 130 Å². The summed E-state index contributed by atoms with van der Waals surface area (Å²) in [5, 5.41) is 2.67. The number of carbonyl (C=O) groups is 1. The summed E-state index contributed by atoms with van der Waals surface area (Å²) in [7, 11) is 0. The molecule has 0 bridgehead atoms. The molecule has 3 rings (SSSR count). The molecular weight excluding hydrogens is 311 g/mol. The highest BCUT2D eigenvalue weighted by atomic mass is 19.4. The van der Waals surface area contributed by atoms with Crippen LogP contribution >= 0.6 is 0 Å². The Kier molecular flexibility index (Phi) is 4.08. The number of aromatic nitrogens is 2. The fourth-order valence-electron chi connectivity index (χ4n) is 2.35. The van der Waals surface area contributed by atoms with Gasteiger partial charge in [-0.25, -0.2) is 4.98 Å². The van der Waals surface area contributed by atoms with Crippen LogP contribution in [0.4, 0.5) is 13.2 Å². The van der Waals surface area contributed by atoms with Crippen LogP contribution in [-0.2, 0) is 24.1 Å². The average molecular weight is 325 g/mol. The lowest BCUT2D eigenvalue weighted by atomic mass is 10.1. The second-order valence-corrected chi connectivity index (χ2v) is 5.21. The first-order chi connectivity index (χ1) is 10.9. The predicted octanol–water partition coefficient (Wildman–Crippen LogP) is 2.23. The molecule has 8 heteroatoms. The SMILES string of the molecule is O=C(NC[C@H]1Cn2ccnc2CO1)c1ccc(C(F)(F)F)cc1. The van der Waals surface area contributed by atoms with Gasteiger partial charge in [0.25, 0.3) is 5.91 Å². The van der Waals surface area contributed by atoms with Crippen molar-refractivity contribution in [1.29, 1.82) is 0 Å². The Morgan fingerprint density at radius 3 is 2.78 bits per heavy atom. The molecule has 0 unspecified atom stereocenters. The molecule has 1 aromatic carbocycles. The minimum absolute atomic E-state index is 0.178. The number of ether oxygens (including phenoxy) is 1. The minimum Gasteiger partial charge on any atom is -0.367 e. The van der Waals surface area contributed by atoms with Crippen molar-refractivity contribution in [2.75, 3.05) is 6.54 Å². The van der Waals surface area contributed by atoms with Crippen molar-refractivity contribution in [3.63, 3.8) is 0 Å². The van der Waals surface area contributed by atoms with Gasteiger partial charge in [0.1, 0.15) is 12.4 Å². The first-order valence-corrected chi connectivity index (χ1v) is 7.00. The van der Waals surface area contributed by atoms with E-state index < -0.39 is 17.6 Å². The first kappa shape index (κ1) is 15.5. The summed E-state index contributed by atoms with van der Waals surface area (Å²) >= 11 is 0. The van der Waals surface area contributed by atoms with E-state index in [2.05, 4.69) is 10.3 Å². The van der Waals surface area contributed by atoms with E-state index in [1.165, 1.54) is 0 Å². The number of fused-ring (bicyclic) bond motifs is 1. The molecule has 1 aromatic heterocycles. The van der Waals surface area contributed by atoms with Crippen molar-refractivity contribution in [2.45, 2.75) is 25.4 Å². The van der Waals surface area contributed by atoms with Crippen molar-refractivity contribution in [2.24, 2.45) is 0 Å². The molecule has 1 N–H and O–H groups in total. The van der Waals surface area contributed by atoms with Crippen molar-refractivity contribution in [3.8, 4) is 0 Å². The summed E-state index contributed by atoms with van der Waals surface area (Å²) in [5.74, 6) is 0.397. The van der Waals surface area contributed by atoms with Crippen LogP contribution in [0, 0.1) is 0 Å². The van der Waals surface area contributed by atoms with Gasteiger partial charge in [0.05, 0.1) is 18.2 Å². The second-order valence-electron chi connectivity index (χ2n) is 5.21. The van der Waals surface area contributed by atoms with Gasteiger partial charge in [-0.15, -0.1) is 0 Å². The van der Waals surface area contributed by atoms with Crippen LogP contribution in [0.15, 0.2) is 36.7 Å². The Bertz CT molecular complexity index is 695. The topological polar surface area (TPSA) is 56.2 Å². The molecule has 0 radical (unpaired) electrons. The molecule has 2 aromatic rings. The van der Waals surface area contributed by atoms with Crippen LogP contribution in [0.3, 0.4) is 0 Å². The van der Waals surface area contributed by atoms with Crippen LogP contribution in [-0.4, -0.2) is 28.1 Å². The van der Waals surface area contributed by atoms with E-state index in [-0.39, 0.29) is 18.2 Å². The molecule has 23 heavy (non-hydrogen) atoms. The van der Waals surface area contributed by atoms with Crippen LogP contribution < -0.4 is 5.32 Å². The van der Waals surface area contributed by atoms with Crippen LogP contribution in [0.25, 0.3) is 0 Å². The molecule has 2 heterocycles. The third-order valence-corrected chi connectivity index (χ3v) is 3.61. The Morgan fingerprint density at radius 1 is 1.35 bits per heavy atom. The number of rotatable bonds is 3. The summed E-state index contributed by atoms with van der Waals surface area (Å²) < 4.78 is 45.0. The van der Waals surface area contributed by atoms with Gasteiger partial charge in [-0.2, -0.15) is 13.2 Å². The van der Waals surface area contributed by atoms with Gasteiger partial charge in [-0.05, 0) is 24.3 Å². The zero-order chi connectivity index (χ0) is 16.4. The van der Waals surface area contributed by atoms with E-state index in [9.17, 15) is 18.0 Å². The maximum absolute atomic E-state index is 12.5. The van der Waals surface area contributed by atoms with Gasteiger partial charge >= 0.3 is 6.18 Å². The second kappa shape index (κ2) is 6.04. The lowest BCUT2D eigenvalue weighted by Crippen LogP contribution is -2.38. The first-order valence-electron chi connectivity index (χ1n) is 7.00. The zero-order valence-electron chi connectivity index (χ0n) is 12.0. The van der Waals surface area contributed by atoms with E-state index in [0.29, 0.717) is 13.2 Å². The molecular formula is C15H14F3N3O2. The Morgan fingerprint density at radius 2 is 2.09 bits per heavy atom. The highest BCUT2D eigenvalue weighted by molar-refractivity contribution is 5.94. The summed E-state index contributed by atoms with van der Waals surface area (Å²) in [6.45, 7) is 1.22. The Balaban J connectivity index is 1.56. The smallest absolute Gasteiger partial charge is 0.367 e. The van der Waals surface area contributed by atoms with E-state index in [1.807, 2.05) is 10.8 Å². The average Bonchev–Trinajstić information content (AvgIpc) is 2.99. The van der Waals surface area contributed by atoms with Gasteiger partial charge in [-0.3, -0.25) is 4.79 Å². The number of alkyl halides is 3. The van der Waals surface area contributed by atoms with Crippen molar-refractivity contribution in [1.82, 2.24) is 14.9 Å². The van der Waals surface area contributed by atoms with Gasteiger partial charge < -0.3 is 14.6 Å². The monoisotopic (exact) mass is 325 g/mol. The van der Waals surface area contributed by atoms with Crippen LogP contribution in [0.1, 0.15) is 21.7 Å². The van der Waals surface area contributed by atoms with E-state index in [4.69, 9.17) is 4.74 Å². The van der Waals surface area contributed by atoms with Crippen molar-refractivity contribution in [3.05, 3.63) is 53.6 Å². The lowest BCUT2D eigenvalue weighted by Gasteiger charge is -2.24. The number of hydrogen-bond acceptors (Lipinski definition) is 3. The predicted molar refractivity (Wildman–Crippen MR) is 74.6 cm³/mol. The van der Waals surface area contributed by atoms with Gasteiger partial charge in [0.2, 0.25) is 0 Å². The largest absolute Gasteiger partial charge is 0.416 e. The number of benzene rings is 1. The van der Waals surface area contributed by atoms with Crippen molar-refractivity contribution < 1.29 is 22.7 Å². The number of carbonyl (C=O) groups excluding carboxylic acids is 1. The highest BCUT2D eigenvalue weighted by Crippen LogP contribution is 2.29. The molecule has 1 aliphatic rings. The third kappa shape index (κ3) is 3.53. The number of imidazole rings is 1. The lowest BCUT2D eigenvalue weighted by molar-refractivity contribution is -0.137. The molecule has 0 saturated heterocycles. The number of amides is 1. The van der Waals surface area contributed by atoms with Gasteiger partial charge in [0.15, 0.2) is 0 Å². The molecule has 0 fully saturated rings. The van der Waals surface area contributed by atoms with E-state index in [0.717, 1.165) is 30.1 Å². The molecule has 122 valence electrons. The number of halogens is 3. The third-order valence-electron chi connectivity index (χ3n) is 3.61. The molecule has 1 amide bonds. The maximum atomic E-state index is 12.5. The fraction of sp³-hybridized carbons (Fsp3) is 0.333. The zero-order valence-corrected chi connectivity index (χ0v) is 12.0. The summed E-state index contributed by atoms with van der Waals surface area (Å²) in [5.41, 5.74) is -0.602. The molecule has 1 aliphatic heterocycles. The van der Waals surface area contributed by atoms with Crippen molar-refractivity contribution >= 4 is 5.91 Å². The Hall–Kier alpha value is -2.35. The maximum Gasteiger partial charge on any atom is 0.416 e. The summed E-state index contributed by atoms with van der Waals surface area (Å²) in [6.07, 6.45) is -1.09. The quantitative estimate of drug-likeness (QED) is 0.941. The number of hydrogen-bond donors (Lipinski definition) is 1. The summed E-state index contributed by atoms with van der Waals surface area (Å²) in [4.78, 5) is 16.1. The fourth-order valence-corrected chi connectivity index (χ4v) is 2.35. The van der Waals surface area contributed by atoms with Gasteiger partial charge in [-0.1, -0.05) is 0 Å². The van der Waals surface area contributed by atoms with Crippen LogP contribution in [0.5, 0.6) is 0 Å². The molecule has 0 saturated carbocycles.